The highest BCUT2D eigenvalue weighted by molar-refractivity contribution is 7.98. The standard InChI is InChI=1S/C15H22N2O3S/c1-9-7-10(2)13(11(3)8-9)17-15(20)16-12(14(18)19)5-6-21-4/h7-8,12H,5-6H2,1-4H3,(H,18,19)(H2,16,17,20)/t12-/m0/s1. The van der Waals surface area contributed by atoms with E-state index >= 15 is 0 Å². The molecule has 0 aromatic heterocycles. The Bertz CT molecular complexity index is 509. The predicted molar refractivity (Wildman–Crippen MR) is 87.2 cm³/mol. The number of thioether (sulfide) groups is 1. The van der Waals surface area contributed by atoms with E-state index in [2.05, 4.69) is 10.6 Å². The number of carbonyl (C=O) groups excluding carboxylic acids is 1. The molecule has 3 N–H and O–H groups in total. The molecular weight excluding hydrogens is 288 g/mol. The zero-order valence-corrected chi connectivity index (χ0v) is 13.6. The molecule has 1 atom stereocenters. The Morgan fingerprint density at radius 2 is 1.81 bits per heavy atom. The molecule has 5 nitrogen and oxygen atoms in total. The van der Waals surface area contributed by atoms with Crippen LogP contribution in [0.15, 0.2) is 12.1 Å². The van der Waals surface area contributed by atoms with E-state index in [1.165, 1.54) is 0 Å². The van der Waals surface area contributed by atoms with Crippen molar-refractivity contribution in [1.82, 2.24) is 5.32 Å². The zero-order chi connectivity index (χ0) is 16.0. The number of urea groups is 1. The van der Waals surface area contributed by atoms with Gasteiger partial charge in [-0.2, -0.15) is 11.8 Å². The van der Waals surface area contributed by atoms with E-state index in [9.17, 15) is 9.59 Å². The first-order valence-electron chi connectivity index (χ1n) is 6.72. The van der Waals surface area contributed by atoms with Crippen LogP contribution in [0.3, 0.4) is 0 Å². The van der Waals surface area contributed by atoms with Gasteiger partial charge in [0.25, 0.3) is 0 Å². The van der Waals surface area contributed by atoms with Gasteiger partial charge in [0, 0.05) is 5.69 Å². The SMILES string of the molecule is CSCC[C@H](NC(=O)Nc1c(C)cc(C)cc1C)C(=O)O. The summed E-state index contributed by atoms with van der Waals surface area (Å²) in [7, 11) is 0. The fourth-order valence-corrected chi connectivity index (χ4v) is 2.65. The van der Waals surface area contributed by atoms with Crippen molar-refractivity contribution in [3.05, 3.63) is 28.8 Å². The number of anilines is 1. The van der Waals surface area contributed by atoms with Crippen LogP contribution in [0.1, 0.15) is 23.1 Å². The van der Waals surface area contributed by atoms with Crippen LogP contribution in [-0.4, -0.2) is 35.2 Å². The summed E-state index contributed by atoms with van der Waals surface area (Å²) in [6, 6.07) is 2.60. The second kappa shape index (κ2) is 7.93. The van der Waals surface area contributed by atoms with Gasteiger partial charge in [-0.1, -0.05) is 17.7 Å². The number of hydrogen-bond donors (Lipinski definition) is 3. The van der Waals surface area contributed by atoms with Crippen LogP contribution in [0.2, 0.25) is 0 Å². The van der Waals surface area contributed by atoms with Gasteiger partial charge >= 0.3 is 12.0 Å². The van der Waals surface area contributed by atoms with Gasteiger partial charge in [0.05, 0.1) is 0 Å². The molecule has 116 valence electrons. The number of benzene rings is 1. The van der Waals surface area contributed by atoms with Gasteiger partial charge in [-0.25, -0.2) is 9.59 Å². The number of nitrogens with one attached hydrogen (secondary N) is 2. The van der Waals surface area contributed by atoms with Gasteiger partial charge in [-0.15, -0.1) is 0 Å². The van der Waals surface area contributed by atoms with Crippen molar-refractivity contribution in [2.24, 2.45) is 0 Å². The van der Waals surface area contributed by atoms with Crippen LogP contribution in [0.25, 0.3) is 0 Å². The summed E-state index contributed by atoms with van der Waals surface area (Å²) in [4.78, 5) is 23.1. The summed E-state index contributed by atoms with van der Waals surface area (Å²) in [5, 5.41) is 14.4. The molecule has 0 bridgehead atoms. The van der Waals surface area contributed by atoms with Crippen molar-refractivity contribution in [3.63, 3.8) is 0 Å². The molecule has 21 heavy (non-hydrogen) atoms. The first kappa shape index (κ1) is 17.4. The van der Waals surface area contributed by atoms with Crippen LogP contribution in [-0.2, 0) is 4.79 Å². The summed E-state index contributed by atoms with van der Waals surface area (Å²) in [6.45, 7) is 5.82. The molecule has 0 aliphatic heterocycles. The van der Waals surface area contributed by atoms with Crippen LogP contribution in [0, 0.1) is 20.8 Å². The van der Waals surface area contributed by atoms with Crippen LogP contribution in [0.4, 0.5) is 10.5 Å². The average Bonchev–Trinajstić information content (AvgIpc) is 2.38. The molecule has 0 saturated heterocycles. The van der Waals surface area contributed by atoms with E-state index in [1.807, 2.05) is 39.2 Å². The number of hydrogen-bond acceptors (Lipinski definition) is 3. The summed E-state index contributed by atoms with van der Waals surface area (Å²) in [5.41, 5.74) is 3.77. The Balaban J connectivity index is 2.74. The smallest absolute Gasteiger partial charge is 0.326 e. The summed E-state index contributed by atoms with van der Waals surface area (Å²) in [6.07, 6.45) is 2.30. The molecule has 0 unspecified atom stereocenters. The molecule has 6 heteroatoms. The lowest BCUT2D eigenvalue weighted by atomic mass is 10.1. The highest BCUT2D eigenvalue weighted by atomic mass is 32.2. The molecule has 0 spiro atoms. The van der Waals surface area contributed by atoms with E-state index in [1.54, 1.807) is 11.8 Å². The van der Waals surface area contributed by atoms with E-state index in [0.29, 0.717) is 12.2 Å². The first-order chi connectivity index (χ1) is 9.85. The molecule has 2 amide bonds. The molecule has 0 fully saturated rings. The minimum Gasteiger partial charge on any atom is -0.480 e. The molecule has 1 rings (SSSR count). The van der Waals surface area contributed by atoms with Gasteiger partial charge in [0.15, 0.2) is 0 Å². The fourth-order valence-electron chi connectivity index (χ4n) is 2.18. The average molecular weight is 310 g/mol. The summed E-state index contributed by atoms with van der Waals surface area (Å²) in [5.74, 6) is -0.337. The van der Waals surface area contributed by atoms with Crippen molar-refractivity contribution in [3.8, 4) is 0 Å². The minimum atomic E-state index is -1.02. The van der Waals surface area contributed by atoms with Crippen LogP contribution >= 0.6 is 11.8 Å². The maximum atomic E-state index is 12.0. The molecule has 0 aliphatic carbocycles. The lowest BCUT2D eigenvalue weighted by Crippen LogP contribution is -2.43. The zero-order valence-electron chi connectivity index (χ0n) is 12.8. The number of carboxylic acids is 1. The maximum absolute atomic E-state index is 12.0. The quantitative estimate of drug-likeness (QED) is 0.755. The minimum absolute atomic E-state index is 0.399. The highest BCUT2D eigenvalue weighted by Gasteiger charge is 2.19. The Morgan fingerprint density at radius 1 is 1.24 bits per heavy atom. The fraction of sp³-hybridized carbons (Fsp3) is 0.467. The number of aryl methyl sites for hydroxylation is 3. The Hall–Kier alpha value is -1.69. The molecule has 0 saturated carbocycles. The predicted octanol–water partition coefficient (Wildman–Crippen LogP) is 2.94. The number of carboxylic acid groups (broad SMARTS) is 1. The summed E-state index contributed by atoms with van der Waals surface area (Å²) < 4.78 is 0. The second-order valence-electron chi connectivity index (χ2n) is 5.04. The molecule has 0 radical (unpaired) electrons. The van der Waals surface area contributed by atoms with Crippen LogP contribution < -0.4 is 10.6 Å². The van der Waals surface area contributed by atoms with E-state index < -0.39 is 18.0 Å². The van der Waals surface area contributed by atoms with Crippen molar-refractivity contribution in [1.29, 1.82) is 0 Å². The van der Waals surface area contributed by atoms with Crippen LogP contribution in [0.5, 0.6) is 0 Å². The lowest BCUT2D eigenvalue weighted by Gasteiger charge is -2.17. The second-order valence-corrected chi connectivity index (χ2v) is 6.03. The lowest BCUT2D eigenvalue weighted by molar-refractivity contribution is -0.139. The third-order valence-electron chi connectivity index (χ3n) is 3.13. The number of rotatable bonds is 6. The topological polar surface area (TPSA) is 78.4 Å². The Kier molecular flexibility index (Phi) is 6.55. The van der Waals surface area contributed by atoms with Crippen molar-refractivity contribution >= 4 is 29.4 Å². The third-order valence-corrected chi connectivity index (χ3v) is 3.77. The van der Waals surface area contributed by atoms with Crippen molar-refractivity contribution in [2.45, 2.75) is 33.2 Å². The normalized spacial score (nSPS) is 11.8. The van der Waals surface area contributed by atoms with Gasteiger partial charge in [0.2, 0.25) is 0 Å². The third kappa shape index (κ3) is 5.30. The highest BCUT2D eigenvalue weighted by Crippen LogP contribution is 2.21. The van der Waals surface area contributed by atoms with Gasteiger partial charge in [0.1, 0.15) is 6.04 Å². The van der Waals surface area contributed by atoms with Gasteiger partial charge in [-0.05, 0) is 50.3 Å². The Morgan fingerprint density at radius 3 is 2.29 bits per heavy atom. The first-order valence-corrected chi connectivity index (χ1v) is 8.11. The number of carbonyl (C=O) groups is 2. The van der Waals surface area contributed by atoms with Crippen molar-refractivity contribution < 1.29 is 14.7 Å². The van der Waals surface area contributed by atoms with E-state index in [4.69, 9.17) is 5.11 Å². The largest absolute Gasteiger partial charge is 0.480 e. The van der Waals surface area contributed by atoms with Gasteiger partial charge in [-0.3, -0.25) is 0 Å². The molecule has 0 heterocycles. The number of aliphatic carboxylic acids is 1. The maximum Gasteiger partial charge on any atom is 0.326 e. The van der Waals surface area contributed by atoms with Crippen molar-refractivity contribution in [2.75, 3.05) is 17.3 Å². The molecular formula is C15H22N2O3S. The summed E-state index contributed by atoms with van der Waals surface area (Å²) >= 11 is 1.55. The Labute approximate surface area is 129 Å². The molecule has 1 aromatic carbocycles. The van der Waals surface area contributed by atoms with E-state index in [-0.39, 0.29) is 0 Å². The number of amides is 2. The molecule has 1 aromatic rings. The monoisotopic (exact) mass is 310 g/mol. The van der Waals surface area contributed by atoms with E-state index in [0.717, 1.165) is 22.4 Å². The van der Waals surface area contributed by atoms with Gasteiger partial charge < -0.3 is 15.7 Å². The molecule has 0 aliphatic rings.